The molecular weight excluding hydrogens is 330 g/mol. The Morgan fingerprint density at radius 1 is 1.25 bits per heavy atom. The van der Waals surface area contributed by atoms with Gasteiger partial charge >= 0.3 is 0 Å². The topological polar surface area (TPSA) is 83.7 Å². The molecule has 0 aliphatic carbocycles. The van der Waals surface area contributed by atoms with Crippen molar-refractivity contribution in [1.82, 2.24) is 14.4 Å². The number of nitrogens with zero attached hydrogens (tertiary/aromatic N) is 3. The zero-order valence-electron chi connectivity index (χ0n) is 14.9. The van der Waals surface area contributed by atoms with Crippen molar-refractivity contribution in [2.24, 2.45) is 5.92 Å². The third kappa shape index (κ3) is 3.80. The van der Waals surface area contributed by atoms with Gasteiger partial charge in [0.05, 0.1) is 0 Å². The number of carbonyl (C=O) groups is 1. The van der Waals surface area contributed by atoms with Crippen LogP contribution in [0.3, 0.4) is 0 Å². The summed E-state index contributed by atoms with van der Waals surface area (Å²) in [7, 11) is -3.64. The molecule has 1 amide bonds. The van der Waals surface area contributed by atoms with Crippen LogP contribution in [-0.4, -0.2) is 54.9 Å². The van der Waals surface area contributed by atoms with Crippen LogP contribution < -0.4 is 0 Å². The fraction of sp³-hybridized carbons (Fsp3) is 0.750. The summed E-state index contributed by atoms with van der Waals surface area (Å²) in [6, 6.07) is 0. The summed E-state index contributed by atoms with van der Waals surface area (Å²) in [5, 5.41) is 3.74. The molecule has 2 heterocycles. The zero-order chi connectivity index (χ0) is 17.9. The van der Waals surface area contributed by atoms with Gasteiger partial charge in [0.1, 0.15) is 10.6 Å². The van der Waals surface area contributed by atoms with E-state index in [2.05, 4.69) is 12.1 Å². The van der Waals surface area contributed by atoms with Gasteiger partial charge in [-0.05, 0) is 26.7 Å². The summed E-state index contributed by atoms with van der Waals surface area (Å²) in [6.45, 7) is 8.96. The van der Waals surface area contributed by atoms with Crippen LogP contribution in [0.2, 0.25) is 0 Å². The summed E-state index contributed by atoms with van der Waals surface area (Å²) in [5.74, 6) is 0.412. The van der Waals surface area contributed by atoms with Gasteiger partial charge < -0.3 is 9.42 Å². The molecule has 0 saturated carbocycles. The van der Waals surface area contributed by atoms with E-state index < -0.39 is 10.0 Å². The number of sulfonamides is 1. The maximum Gasteiger partial charge on any atom is 0.248 e. The van der Waals surface area contributed by atoms with E-state index in [1.54, 1.807) is 18.7 Å². The molecule has 0 N–H and O–H groups in total. The third-order valence-corrected chi connectivity index (χ3v) is 6.62. The first kappa shape index (κ1) is 18.9. The normalized spacial score (nSPS) is 18.4. The fourth-order valence-corrected chi connectivity index (χ4v) is 4.96. The Morgan fingerprint density at radius 3 is 2.54 bits per heavy atom. The van der Waals surface area contributed by atoms with E-state index in [9.17, 15) is 13.2 Å². The summed E-state index contributed by atoms with van der Waals surface area (Å²) in [4.78, 5) is 14.4. The van der Waals surface area contributed by atoms with Gasteiger partial charge in [-0.15, -0.1) is 0 Å². The standard InChI is InChI=1S/C16H27N3O4S/c1-5-7-12(2)16(20)18-8-6-9-19(11-10-18)24(21,22)15-13(3)17-23-14(15)4/h12H,5-11H2,1-4H3. The molecule has 1 aliphatic rings. The van der Waals surface area contributed by atoms with Crippen molar-refractivity contribution in [2.75, 3.05) is 26.2 Å². The summed E-state index contributed by atoms with van der Waals surface area (Å²) in [6.07, 6.45) is 2.46. The molecular formula is C16H27N3O4S. The molecule has 1 aromatic heterocycles. The maximum atomic E-state index is 12.9. The molecule has 1 aromatic rings. The third-order valence-electron chi connectivity index (χ3n) is 4.48. The van der Waals surface area contributed by atoms with Crippen LogP contribution in [0.25, 0.3) is 0 Å². The molecule has 136 valence electrons. The largest absolute Gasteiger partial charge is 0.360 e. The number of hydrogen-bond donors (Lipinski definition) is 0. The van der Waals surface area contributed by atoms with Gasteiger partial charge in [-0.25, -0.2) is 8.42 Å². The van der Waals surface area contributed by atoms with Crippen LogP contribution in [-0.2, 0) is 14.8 Å². The van der Waals surface area contributed by atoms with Crippen molar-refractivity contribution in [2.45, 2.75) is 51.9 Å². The Hall–Kier alpha value is -1.41. The lowest BCUT2D eigenvalue weighted by atomic mass is 10.0. The summed E-state index contributed by atoms with van der Waals surface area (Å²) < 4.78 is 32.2. The van der Waals surface area contributed by atoms with Crippen molar-refractivity contribution >= 4 is 15.9 Å². The van der Waals surface area contributed by atoms with Crippen molar-refractivity contribution in [3.8, 4) is 0 Å². The highest BCUT2D eigenvalue weighted by atomic mass is 32.2. The van der Waals surface area contributed by atoms with Crippen molar-refractivity contribution in [1.29, 1.82) is 0 Å². The average molecular weight is 357 g/mol. The Kier molecular flexibility index (Phi) is 6.03. The minimum absolute atomic E-state index is 0.0132. The lowest BCUT2D eigenvalue weighted by molar-refractivity contribution is -0.135. The molecule has 8 heteroatoms. The van der Waals surface area contributed by atoms with E-state index in [1.165, 1.54) is 4.31 Å². The predicted octanol–water partition coefficient (Wildman–Crippen LogP) is 1.95. The van der Waals surface area contributed by atoms with E-state index in [-0.39, 0.29) is 16.7 Å². The number of aryl methyl sites for hydroxylation is 2. The average Bonchev–Trinajstić information content (AvgIpc) is 2.75. The monoisotopic (exact) mass is 357 g/mol. The molecule has 0 bridgehead atoms. The van der Waals surface area contributed by atoms with Gasteiger partial charge in [-0.1, -0.05) is 25.4 Å². The molecule has 7 nitrogen and oxygen atoms in total. The highest BCUT2D eigenvalue weighted by Crippen LogP contribution is 2.24. The number of carbonyl (C=O) groups excluding carboxylic acids is 1. The van der Waals surface area contributed by atoms with Crippen LogP contribution in [0.4, 0.5) is 0 Å². The summed E-state index contributed by atoms with van der Waals surface area (Å²) >= 11 is 0. The highest BCUT2D eigenvalue weighted by Gasteiger charge is 2.33. The first-order valence-corrected chi connectivity index (χ1v) is 9.94. The van der Waals surface area contributed by atoms with E-state index in [1.807, 2.05) is 6.92 Å². The molecule has 2 rings (SSSR count). The number of aromatic nitrogens is 1. The van der Waals surface area contributed by atoms with Crippen molar-refractivity contribution in [3.05, 3.63) is 11.5 Å². The van der Waals surface area contributed by atoms with E-state index in [0.29, 0.717) is 44.1 Å². The van der Waals surface area contributed by atoms with Gasteiger partial charge in [0, 0.05) is 32.1 Å². The zero-order valence-corrected chi connectivity index (χ0v) is 15.7. The number of hydrogen-bond acceptors (Lipinski definition) is 5. The van der Waals surface area contributed by atoms with Crippen molar-refractivity contribution in [3.63, 3.8) is 0 Å². The molecule has 1 fully saturated rings. The lowest BCUT2D eigenvalue weighted by Crippen LogP contribution is -2.39. The minimum atomic E-state index is -3.64. The van der Waals surface area contributed by atoms with Crippen LogP contribution in [0.5, 0.6) is 0 Å². The molecule has 1 saturated heterocycles. The Balaban J connectivity index is 2.12. The van der Waals surface area contributed by atoms with E-state index >= 15 is 0 Å². The Morgan fingerprint density at radius 2 is 1.96 bits per heavy atom. The molecule has 0 radical (unpaired) electrons. The Labute approximate surface area is 144 Å². The molecule has 1 atom stereocenters. The smallest absolute Gasteiger partial charge is 0.248 e. The van der Waals surface area contributed by atoms with Gasteiger partial charge in [0.25, 0.3) is 0 Å². The van der Waals surface area contributed by atoms with Gasteiger partial charge in [0.15, 0.2) is 5.76 Å². The number of amides is 1. The van der Waals surface area contributed by atoms with Gasteiger partial charge in [-0.3, -0.25) is 4.79 Å². The lowest BCUT2D eigenvalue weighted by Gasteiger charge is -2.24. The second-order valence-electron chi connectivity index (χ2n) is 6.43. The SMILES string of the molecule is CCCC(C)C(=O)N1CCCN(S(=O)(=O)c2c(C)noc2C)CC1. The molecule has 0 spiro atoms. The maximum absolute atomic E-state index is 12.9. The van der Waals surface area contributed by atoms with Crippen LogP contribution in [0.15, 0.2) is 9.42 Å². The van der Waals surface area contributed by atoms with Gasteiger partial charge in [-0.2, -0.15) is 4.31 Å². The van der Waals surface area contributed by atoms with Gasteiger partial charge in [0.2, 0.25) is 15.9 Å². The van der Waals surface area contributed by atoms with E-state index in [0.717, 1.165) is 12.8 Å². The predicted molar refractivity (Wildman–Crippen MR) is 90.0 cm³/mol. The van der Waals surface area contributed by atoms with E-state index in [4.69, 9.17) is 4.52 Å². The fourth-order valence-electron chi connectivity index (χ4n) is 3.19. The second-order valence-corrected chi connectivity index (χ2v) is 8.30. The molecule has 24 heavy (non-hydrogen) atoms. The molecule has 0 aromatic carbocycles. The van der Waals surface area contributed by atoms with Crippen molar-refractivity contribution < 1.29 is 17.7 Å². The van der Waals surface area contributed by atoms with Crippen LogP contribution in [0, 0.1) is 19.8 Å². The summed E-state index contributed by atoms with van der Waals surface area (Å²) in [5.41, 5.74) is 0.376. The Bertz CT molecular complexity index is 664. The second kappa shape index (κ2) is 7.65. The van der Waals surface area contributed by atoms with Crippen LogP contribution >= 0.6 is 0 Å². The first-order chi connectivity index (χ1) is 11.3. The highest BCUT2D eigenvalue weighted by molar-refractivity contribution is 7.89. The molecule has 1 aliphatic heterocycles. The first-order valence-electron chi connectivity index (χ1n) is 8.50. The minimum Gasteiger partial charge on any atom is -0.360 e. The molecule has 1 unspecified atom stereocenters. The van der Waals surface area contributed by atoms with Crippen LogP contribution in [0.1, 0.15) is 44.6 Å². The quantitative estimate of drug-likeness (QED) is 0.804. The number of rotatable bonds is 5.